The van der Waals surface area contributed by atoms with Gasteiger partial charge in [-0.3, -0.25) is 14.4 Å². The Morgan fingerprint density at radius 1 is 0.269 bits per heavy atom. The van der Waals surface area contributed by atoms with E-state index in [1.807, 2.05) is 0 Å². The van der Waals surface area contributed by atoms with Crippen LogP contribution < -0.4 is 0 Å². The summed E-state index contributed by atoms with van der Waals surface area (Å²) in [4.78, 5) is 38.2. The van der Waals surface area contributed by atoms with Crippen LogP contribution in [0.3, 0.4) is 0 Å². The van der Waals surface area contributed by atoms with E-state index < -0.39 is 6.10 Å². The SMILES string of the molecule is CC/C=C\C/C=C\C/C=C\C/C=C\C/C=C\C/C=C\C/C=C\CCCC(=O)OC(COC(=O)CCCCCCC/C=C\CCCCC)COC(=O)CCCCCCCC/C=C\C/C=C\C/C=C\C/C=C\C/C=C\C/C=C\CC. The second kappa shape index (κ2) is 64.3. The highest BCUT2D eigenvalue weighted by Crippen LogP contribution is 2.13. The summed E-state index contributed by atoms with van der Waals surface area (Å²) in [6.45, 7) is 6.31. The first kappa shape index (κ1) is 72.8. The van der Waals surface area contributed by atoms with Crippen LogP contribution >= 0.6 is 0 Å². The van der Waals surface area contributed by atoms with Gasteiger partial charge < -0.3 is 14.2 Å². The summed E-state index contributed by atoms with van der Waals surface area (Å²) in [5, 5.41) is 0. The average Bonchev–Trinajstić information content (AvgIpc) is 3.44. The molecule has 0 radical (unpaired) electrons. The molecule has 0 bridgehead atoms. The Morgan fingerprint density at radius 2 is 0.513 bits per heavy atom. The second-order valence-corrected chi connectivity index (χ2v) is 19.8. The Balaban J connectivity index is 4.50. The van der Waals surface area contributed by atoms with Crippen LogP contribution in [-0.4, -0.2) is 37.2 Å². The maximum absolute atomic E-state index is 12.9. The van der Waals surface area contributed by atoms with Gasteiger partial charge in [0.2, 0.25) is 0 Å². The molecule has 6 nitrogen and oxygen atoms in total. The van der Waals surface area contributed by atoms with Gasteiger partial charge in [0, 0.05) is 19.3 Å². The van der Waals surface area contributed by atoms with E-state index >= 15 is 0 Å². The standard InChI is InChI=1S/C72H112O6/c1-4-7-10-13-16-19-22-25-27-29-31-33-35-36-38-39-41-43-45-47-50-53-56-59-62-65-71(74)77-68-69(67-76-70(73)64-61-58-55-52-49-24-21-18-15-12-9-6-3)78-72(75)66-63-60-57-54-51-48-46-44-42-40-37-34-32-30-28-26-23-20-17-14-11-8-5-2/h7-8,10-11,16-21,25-28,31-34,36,38,40-43,46,48,54,57,69H,4-6,9,12-15,22-24,29-30,35,37,39,44-45,47,49-53,55-56,58-68H2,1-3H3/b10-7-,11-8-,19-16-,20-17-,21-18-,27-25-,28-26-,33-31-,34-32-,38-36-,42-40-,43-41-,48-46-,57-54-. The number of carbonyl (C=O) groups is 3. The Morgan fingerprint density at radius 3 is 0.833 bits per heavy atom. The summed E-state index contributed by atoms with van der Waals surface area (Å²) in [7, 11) is 0. The maximum Gasteiger partial charge on any atom is 0.306 e. The molecule has 0 aliphatic carbocycles. The number of hydrogen-bond acceptors (Lipinski definition) is 6. The molecule has 6 heteroatoms. The Labute approximate surface area is 479 Å². The van der Waals surface area contributed by atoms with Gasteiger partial charge in [-0.05, 0) is 148 Å². The van der Waals surface area contributed by atoms with Crippen molar-refractivity contribution in [2.24, 2.45) is 0 Å². The lowest BCUT2D eigenvalue weighted by atomic mass is 10.1. The third-order valence-corrected chi connectivity index (χ3v) is 12.4. The van der Waals surface area contributed by atoms with Crippen LogP contribution in [0.1, 0.15) is 245 Å². The first-order valence-corrected chi connectivity index (χ1v) is 31.1. The molecule has 0 amide bonds. The predicted molar refractivity (Wildman–Crippen MR) is 338 cm³/mol. The molecule has 0 heterocycles. The Hall–Kier alpha value is -5.23. The molecule has 0 aliphatic rings. The van der Waals surface area contributed by atoms with Crippen LogP contribution in [0.15, 0.2) is 170 Å². The van der Waals surface area contributed by atoms with Gasteiger partial charge in [0.15, 0.2) is 6.10 Å². The van der Waals surface area contributed by atoms with Crippen molar-refractivity contribution >= 4 is 17.9 Å². The third kappa shape index (κ3) is 61.6. The molecule has 0 aliphatic heterocycles. The van der Waals surface area contributed by atoms with E-state index in [4.69, 9.17) is 14.2 Å². The first-order valence-electron chi connectivity index (χ1n) is 31.1. The van der Waals surface area contributed by atoms with Gasteiger partial charge >= 0.3 is 17.9 Å². The number of carbonyl (C=O) groups excluding carboxylic acids is 3. The molecule has 0 aromatic carbocycles. The minimum absolute atomic E-state index is 0.118. The molecule has 0 saturated carbocycles. The predicted octanol–water partition coefficient (Wildman–Crippen LogP) is 21.5. The monoisotopic (exact) mass is 1070 g/mol. The van der Waals surface area contributed by atoms with Gasteiger partial charge in [0.25, 0.3) is 0 Å². The largest absolute Gasteiger partial charge is 0.462 e. The molecule has 1 unspecified atom stereocenters. The van der Waals surface area contributed by atoms with E-state index in [1.165, 1.54) is 44.9 Å². The Bertz CT molecular complexity index is 1810. The van der Waals surface area contributed by atoms with Crippen molar-refractivity contribution in [2.75, 3.05) is 13.2 Å². The summed E-state index contributed by atoms with van der Waals surface area (Å²) < 4.78 is 16.8. The van der Waals surface area contributed by atoms with Crippen molar-refractivity contribution in [3.63, 3.8) is 0 Å². The number of ether oxygens (including phenoxy) is 3. The third-order valence-electron chi connectivity index (χ3n) is 12.4. The molecule has 1 atom stereocenters. The number of allylic oxidation sites excluding steroid dienone is 28. The zero-order valence-corrected chi connectivity index (χ0v) is 49.9. The second-order valence-electron chi connectivity index (χ2n) is 19.8. The van der Waals surface area contributed by atoms with E-state index in [0.717, 1.165) is 154 Å². The number of rotatable bonds is 54. The van der Waals surface area contributed by atoms with Crippen molar-refractivity contribution in [3.8, 4) is 0 Å². The molecule has 0 saturated heterocycles. The average molecular weight is 1070 g/mol. The molecular weight excluding hydrogens is 961 g/mol. The highest BCUT2D eigenvalue weighted by molar-refractivity contribution is 5.71. The summed E-state index contributed by atoms with van der Waals surface area (Å²) in [6, 6.07) is 0. The van der Waals surface area contributed by atoms with Crippen molar-refractivity contribution in [1.82, 2.24) is 0 Å². The van der Waals surface area contributed by atoms with E-state index in [1.54, 1.807) is 0 Å². The van der Waals surface area contributed by atoms with Gasteiger partial charge in [0.1, 0.15) is 13.2 Å². The fraction of sp³-hybridized carbons (Fsp3) is 0.569. The summed E-state index contributed by atoms with van der Waals surface area (Å²) >= 11 is 0. The van der Waals surface area contributed by atoms with Crippen molar-refractivity contribution < 1.29 is 28.6 Å². The molecule has 0 aromatic heterocycles. The van der Waals surface area contributed by atoms with E-state index in [2.05, 4.69) is 191 Å². The molecule has 0 fully saturated rings. The van der Waals surface area contributed by atoms with Gasteiger partial charge in [0.05, 0.1) is 0 Å². The lowest BCUT2D eigenvalue weighted by Crippen LogP contribution is -2.30. The number of esters is 3. The molecular formula is C72H112O6. The highest BCUT2D eigenvalue weighted by atomic mass is 16.6. The topological polar surface area (TPSA) is 78.9 Å². The zero-order valence-electron chi connectivity index (χ0n) is 49.9. The van der Waals surface area contributed by atoms with Gasteiger partial charge in [-0.1, -0.05) is 249 Å². The molecule has 436 valence electrons. The summed E-state index contributed by atoms with van der Waals surface area (Å²) in [6.07, 6.45) is 95.0. The quantitative estimate of drug-likeness (QED) is 0.0261. The summed E-state index contributed by atoms with van der Waals surface area (Å²) in [5.41, 5.74) is 0. The molecule has 0 aromatic rings. The van der Waals surface area contributed by atoms with E-state index in [0.29, 0.717) is 19.3 Å². The maximum atomic E-state index is 12.9. The Kier molecular flexibility index (Phi) is 60.0. The highest BCUT2D eigenvalue weighted by Gasteiger charge is 2.19. The van der Waals surface area contributed by atoms with Crippen LogP contribution in [0, 0.1) is 0 Å². The lowest BCUT2D eigenvalue weighted by molar-refractivity contribution is -0.167. The smallest absolute Gasteiger partial charge is 0.306 e. The van der Waals surface area contributed by atoms with E-state index in [-0.39, 0.29) is 37.5 Å². The van der Waals surface area contributed by atoms with Crippen molar-refractivity contribution in [2.45, 2.75) is 252 Å². The minimum Gasteiger partial charge on any atom is -0.462 e. The van der Waals surface area contributed by atoms with Gasteiger partial charge in [-0.25, -0.2) is 0 Å². The van der Waals surface area contributed by atoms with Gasteiger partial charge in [-0.2, -0.15) is 0 Å². The van der Waals surface area contributed by atoms with Crippen LogP contribution in [0.4, 0.5) is 0 Å². The minimum atomic E-state index is -0.828. The normalized spacial score (nSPS) is 13.3. The lowest BCUT2D eigenvalue weighted by Gasteiger charge is -2.18. The number of unbranched alkanes of at least 4 members (excludes halogenated alkanes) is 15. The fourth-order valence-corrected chi connectivity index (χ4v) is 7.84. The van der Waals surface area contributed by atoms with Gasteiger partial charge in [-0.15, -0.1) is 0 Å². The molecule has 78 heavy (non-hydrogen) atoms. The molecule has 0 rings (SSSR count). The molecule has 0 spiro atoms. The first-order chi connectivity index (χ1) is 38.5. The van der Waals surface area contributed by atoms with E-state index in [9.17, 15) is 14.4 Å². The van der Waals surface area contributed by atoms with Crippen LogP contribution in [-0.2, 0) is 28.6 Å². The van der Waals surface area contributed by atoms with Crippen LogP contribution in [0.2, 0.25) is 0 Å². The van der Waals surface area contributed by atoms with Crippen LogP contribution in [0.25, 0.3) is 0 Å². The fourth-order valence-electron chi connectivity index (χ4n) is 7.84. The zero-order chi connectivity index (χ0) is 56.4. The van der Waals surface area contributed by atoms with Crippen molar-refractivity contribution in [3.05, 3.63) is 170 Å². The summed E-state index contributed by atoms with van der Waals surface area (Å²) in [5.74, 6) is -1.01. The molecule has 0 N–H and O–H groups in total. The van der Waals surface area contributed by atoms with Crippen molar-refractivity contribution in [1.29, 1.82) is 0 Å². The van der Waals surface area contributed by atoms with Crippen LogP contribution in [0.5, 0.6) is 0 Å². The number of hydrogen-bond donors (Lipinski definition) is 0.